The molecule has 0 saturated carbocycles. The third-order valence-corrected chi connectivity index (χ3v) is 3.15. The Morgan fingerprint density at radius 3 is 3.07 bits per heavy atom. The van der Waals surface area contributed by atoms with Crippen LogP contribution in [0.25, 0.3) is 0 Å². The van der Waals surface area contributed by atoms with Crippen LogP contribution in [0.5, 0.6) is 0 Å². The molecular weight excluding hydrogens is 254 g/mol. The van der Waals surface area contributed by atoms with Crippen molar-refractivity contribution < 1.29 is 0 Å². The first-order chi connectivity index (χ1) is 7.27. The van der Waals surface area contributed by atoms with Crippen molar-refractivity contribution >= 4 is 21.6 Å². The Hall–Kier alpha value is -1.29. The summed E-state index contributed by atoms with van der Waals surface area (Å²) in [7, 11) is 0. The maximum Gasteiger partial charge on any atom is 0.0922 e. The van der Waals surface area contributed by atoms with Crippen LogP contribution in [0.4, 0.5) is 5.69 Å². The minimum absolute atomic E-state index is 0.761. The number of halogens is 1. The Bertz CT molecular complexity index is 437. The van der Waals surface area contributed by atoms with Crippen LogP contribution in [-0.4, -0.2) is 9.97 Å². The smallest absolute Gasteiger partial charge is 0.0922 e. The third-order valence-electron chi connectivity index (χ3n) is 2.29. The molecule has 4 heteroatoms. The minimum Gasteiger partial charge on any atom is -0.379 e. The van der Waals surface area contributed by atoms with Crippen LogP contribution in [0.2, 0.25) is 0 Å². The lowest BCUT2D eigenvalue weighted by atomic mass is 10.2. The largest absolute Gasteiger partial charge is 0.379 e. The number of aromatic amines is 1. The van der Waals surface area contributed by atoms with Crippen LogP contribution in [0.15, 0.2) is 35.2 Å². The van der Waals surface area contributed by atoms with Gasteiger partial charge in [-0.25, -0.2) is 4.98 Å². The molecule has 2 N–H and O–H groups in total. The minimum atomic E-state index is 0.761. The molecule has 3 nitrogen and oxygen atoms in total. The second kappa shape index (κ2) is 4.49. The normalized spacial score (nSPS) is 10.3. The van der Waals surface area contributed by atoms with Crippen LogP contribution >= 0.6 is 15.9 Å². The molecule has 15 heavy (non-hydrogen) atoms. The van der Waals surface area contributed by atoms with Crippen molar-refractivity contribution in [2.45, 2.75) is 13.5 Å². The van der Waals surface area contributed by atoms with Gasteiger partial charge in [0.05, 0.1) is 18.6 Å². The zero-order chi connectivity index (χ0) is 10.7. The average Bonchev–Trinajstić information content (AvgIpc) is 2.73. The molecule has 1 aromatic heterocycles. The zero-order valence-electron chi connectivity index (χ0n) is 8.42. The SMILES string of the molecule is Cc1c(Br)cccc1NCc1cnc[nH]1. The number of nitrogens with zero attached hydrogens (tertiary/aromatic N) is 1. The van der Waals surface area contributed by atoms with Crippen molar-refractivity contribution in [1.82, 2.24) is 9.97 Å². The molecule has 0 aliphatic carbocycles. The van der Waals surface area contributed by atoms with Crippen molar-refractivity contribution in [3.63, 3.8) is 0 Å². The van der Waals surface area contributed by atoms with E-state index in [1.54, 1.807) is 6.33 Å². The summed E-state index contributed by atoms with van der Waals surface area (Å²) in [5, 5.41) is 3.35. The van der Waals surface area contributed by atoms with E-state index in [4.69, 9.17) is 0 Å². The lowest BCUT2D eigenvalue weighted by molar-refractivity contribution is 1.07. The molecule has 0 saturated heterocycles. The molecular formula is C11H12BrN3. The molecule has 0 aliphatic heterocycles. The van der Waals surface area contributed by atoms with Gasteiger partial charge < -0.3 is 10.3 Å². The number of hydrogen-bond donors (Lipinski definition) is 2. The molecule has 0 unspecified atom stereocenters. The molecule has 0 bridgehead atoms. The predicted molar refractivity (Wildman–Crippen MR) is 64.8 cm³/mol. The molecule has 0 atom stereocenters. The van der Waals surface area contributed by atoms with Crippen LogP contribution < -0.4 is 5.32 Å². The summed E-state index contributed by atoms with van der Waals surface area (Å²) >= 11 is 3.50. The summed E-state index contributed by atoms with van der Waals surface area (Å²) in [5.41, 5.74) is 3.44. The fourth-order valence-electron chi connectivity index (χ4n) is 1.37. The summed E-state index contributed by atoms with van der Waals surface area (Å²) < 4.78 is 1.12. The molecule has 0 spiro atoms. The van der Waals surface area contributed by atoms with Gasteiger partial charge in [0, 0.05) is 16.4 Å². The van der Waals surface area contributed by atoms with E-state index in [2.05, 4.69) is 44.2 Å². The first kappa shape index (κ1) is 10.2. The predicted octanol–water partition coefficient (Wildman–Crippen LogP) is 3.09. The summed E-state index contributed by atoms with van der Waals surface area (Å²) in [6.07, 6.45) is 3.51. The number of benzene rings is 1. The molecule has 0 amide bonds. The summed E-state index contributed by atoms with van der Waals surface area (Å²) in [6.45, 7) is 2.84. The van der Waals surface area contributed by atoms with Gasteiger partial charge in [-0.2, -0.15) is 0 Å². The van der Waals surface area contributed by atoms with E-state index in [1.807, 2.05) is 18.3 Å². The fraction of sp³-hybridized carbons (Fsp3) is 0.182. The van der Waals surface area contributed by atoms with Gasteiger partial charge in [-0.05, 0) is 24.6 Å². The van der Waals surface area contributed by atoms with E-state index in [0.717, 1.165) is 22.4 Å². The highest BCUT2D eigenvalue weighted by molar-refractivity contribution is 9.10. The number of imidazole rings is 1. The van der Waals surface area contributed by atoms with Crippen LogP contribution in [0, 0.1) is 6.92 Å². The van der Waals surface area contributed by atoms with E-state index >= 15 is 0 Å². The standard InChI is InChI=1S/C11H12BrN3/c1-8-10(12)3-2-4-11(8)14-6-9-5-13-7-15-9/h2-5,7,14H,6H2,1H3,(H,13,15). The van der Waals surface area contributed by atoms with Crippen LogP contribution in [0.1, 0.15) is 11.3 Å². The van der Waals surface area contributed by atoms with Crippen molar-refractivity contribution in [3.05, 3.63) is 46.5 Å². The molecule has 0 radical (unpaired) electrons. The lowest BCUT2D eigenvalue weighted by Gasteiger charge is -2.09. The van der Waals surface area contributed by atoms with Gasteiger partial charge in [0.15, 0.2) is 0 Å². The van der Waals surface area contributed by atoms with Gasteiger partial charge in [0.1, 0.15) is 0 Å². The number of nitrogens with one attached hydrogen (secondary N) is 2. The Labute approximate surface area is 97.1 Å². The Morgan fingerprint density at radius 2 is 2.33 bits per heavy atom. The molecule has 2 aromatic rings. The van der Waals surface area contributed by atoms with Crippen molar-refractivity contribution in [3.8, 4) is 0 Å². The zero-order valence-corrected chi connectivity index (χ0v) is 10.0. The highest BCUT2D eigenvalue weighted by Gasteiger charge is 2.01. The fourth-order valence-corrected chi connectivity index (χ4v) is 1.74. The van der Waals surface area contributed by atoms with Crippen LogP contribution in [0.3, 0.4) is 0 Å². The van der Waals surface area contributed by atoms with E-state index in [0.29, 0.717) is 0 Å². The number of H-pyrrole nitrogens is 1. The van der Waals surface area contributed by atoms with Gasteiger partial charge in [-0.3, -0.25) is 0 Å². The Balaban J connectivity index is 2.08. The van der Waals surface area contributed by atoms with Gasteiger partial charge >= 0.3 is 0 Å². The number of rotatable bonds is 3. The van der Waals surface area contributed by atoms with E-state index in [9.17, 15) is 0 Å². The van der Waals surface area contributed by atoms with Gasteiger partial charge in [0.25, 0.3) is 0 Å². The summed E-state index contributed by atoms with van der Waals surface area (Å²) in [5.74, 6) is 0. The van der Waals surface area contributed by atoms with E-state index in [1.165, 1.54) is 5.56 Å². The topological polar surface area (TPSA) is 40.7 Å². The quantitative estimate of drug-likeness (QED) is 0.896. The Kier molecular flexibility index (Phi) is 3.06. The second-order valence-corrected chi connectivity index (χ2v) is 4.20. The maximum atomic E-state index is 3.97. The van der Waals surface area contributed by atoms with Crippen molar-refractivity contribution in [2.75, 3.05) is 5.32 Å². The van der Waals surface area contributed by atoms with Gasteiger partial charge in [-0.1, -0.05) is 22.0 Å². The van der Waals surface area contributed by atoms with Gasteiger partial charge in [-0.15, -0.1) is 0 Å². The second-order valence-electron chi connectivity index (χ2n) is 3.34. The molecule has 1 aromatic carbocycles. The molecule has 0 fully saturated rings. The average molecular weight is 266 g/mol. The first-order valence-corrected chi connectivity index (χ1v) is 5.53. The Morgan fingerprint density at radius 1 is 1.47 bits per heavy atom. The van der Waals surface area contributed by atoms with Crippen LogP contribution in [-0.2, 0) is 6.54 Å². The number of hydrogen-bond acceptors (Lipinski definition) is 2. The number of anilines is 1. The molecule has 0 aliphatic rings. The molecule has 1 heterocycles. The van der Waals surface area contributed by atoms with E-state index in [-0.39, 0.29) is 0 Å². The lowest BCUT2D eigenvalue weighted by Crippen LogP contribution is -2.01. The van der Waals surface area contributed by atoms with Crippen molar-refractivity contribution in [1.29, 1.82) is 0 Å². The highest BCUT2D eigenvalue weighted by Crippen LogP contribution is 2.23. The number of aromatic nitrogens is 2. The van der Waals surface area contributed by atoms with Crippen molar-refractivity contribution in [2.24, 2.45) is 0 Å². The summed E-state index contributed by atoms with van der Waals surface area (Å²) in [6, 6.07) is 6.12. The third kappa shape index (κ3) is 2.39. The first-order valence-electron chi connectivity index (χ1n) is 4.73. The highest BCUT2D eigenvalue weighted by atomic mass is 79.9. The monoisotopic (exact) mass is 265 g/mol. The van der Waals surface area contributed by atoms with Gasteiger partial charge in [0.2, 0.25) is 0 Å². The maximum absolute atomic E-state index is 3.97. The molecule has 78 valence electrons. The molecule has 2 rings (SSSR count). The van der Waals surface area contributed by atoms with E-state index < -0.39 is 0 Å². The summed E-state index contributed by atoms with van der Waals surface area (Å²) in [4.78, 5) is 7.03.